The number of aryl methyl sites for hydroxylation is 1. The van der Waals surface area contributed by atoms with E-state index in [0.29, 0.717) is 5.69 Å². The fraction of sp³-hybridized carbons (Fsp3) is 0.375. The molecule has 0 bridgehead atoms. The van der Waals surface area contributed by atoms with E-state index < -0.39 is 11.4 Å². The maximum Gasteiger partial charge on any atom is 0.354 e. The zero-order valence-corrected chi connectivity index (χ0v) is 14.5. The molecule has 0 spiro atoms. The first kappa shape index (κ1) is 17.4. The summed E-state index contributed by atoms with van der Waals surface area (Å²) in [5, 5.41) is 2.95. The molecular formula is C16H20BrNO3. The van der Waals surface area contributed by atoms with Gasteiger partial charge in [-0.15, -0.1) is 0 Å². The molecule has 1 N–H and O–H groups in total. The predicted octanol–water partition coefficient (Wildman–Crippen LogP) is 3.84. The van der Waals surface area contributed by atoms with Gasteiger partial charge in [0.15, 0.2) is 5.78 Å². The maximum absolute atomic E-state index is 12.1. The molecule has 0 radical (unpaired) electrons. The van der Waals surface area contributed by atoms with E-state index in [1.54, 1.807) is 20.8 Å². The van der Waals surface area contributed by atoms with Crippen LogP contribution >= 0.6 is 15.9 Å². The molecule has 0 heterocycles. The lowest BCUT2D eigenvalue weighted by atomic mass is 9.90. The van der Waals surface area contributed by atoms with Gasteiger partial charge in [-0.25, -0.2) is 4.79 Å². The van der Waals surface area contributed by atoms with Crippen LogP contribution in [0.4, 0.5) is 5.69 Å². The summed E-state index contributed by atoms with van der Waals surface area (Å²) < 4.78 is 5.70. The van der Waals surface area contributed by atoms with Gasteiger partial charge in [0, 0.05) is 21.7 Å². The van der Waals surface area contributed by atoms with Crippen LogP contribution in [0.3, 0.4) is 0 Å². The Morgan fingerprint density at radius 3 is 2.38 bits per heavy atom. The average molecular weight is 354 g/mol. The van der Waals surface area contributed by atoms with E-state index in [0.717, 1.165) is 10.0 Å². The van der Waals surface area contributed by atoms with Crippen molar-refractivity contribution >= 4 is 33.4 Å². The molecule has 0 amide bonds. The smallest absolute Gasteiger partial charge is 0.354 e. The van der Waals surface area contributed by atoms with Gasteiger partial charge in [0.25, 0.3) is 0 Å². The maximum atomic E-state index is 12.1. The minimum atomic E-state index is -0.576. The minimum Gasteiger partial charge on any atom is -0.464 e. The van der Waals surface area contributed by atoms with Gasteiger partial charge in [0.2, 0.25) is 0 Å². The Bertz CT molecular complexity index is 586. The van der Waals surface area contributed by atoms with Crippen molar-refractivity contribution in [3.63, 3.8) is 0 Å². The molecule has 1 aromatic carbocycles. The standard InChI is InChI=1S/C16H20BrNO3/c1-10-8-11(6-7-12(10)17)18-13(15(20)21-5)9-14(19)16(2,3)4/h6-9,18H,1-5H3/b13-9-. The number of methoxy groups -OCH3 is 1. The molecule has 0 aliphatic rings. The molecule has 0 saturated carbocycles. The molecule has 5 heteroatoms. The summed E-state index contributed by atoms with van der Waals surface area (Å²) in [6.45, 7) is 7.33. The van der Waals surface area contributed by atoms with Gasteiger partial charge in [-0.3, -0.25) is 4.79 Å². The molecule has 0 fully saturated rings. The quantitative estimate of drug-likeness (QED) is 0.659. The number of hydrogen-bond donors (Lipinski definition) is 1. The zero-order valence-electron chi connectivity index (χ0n) is 12.9. The molecule has 4 nitrogen and oxygen atoms in total. The third-order valence-electron chi connectivity index (χ3n) is 2.86. The first-order valence-electron chi connectivity index (χ1n) is 6.52. The number of anilines is 1. The van der Waals surface area contributed by atoms with Crippen molar-refractivity contribution in [2.24, 2.45) is 5.41 Å². The number of carbonyl (C=O) groups excluding carboxylic acids is 2. The number of rotatable bonds is 4. The molecule has 0 aliphatic heterocycles. The Hall–Kier alpha value is -1.62. The number of halogens is 1. The van der Waals surface area contributed by atoms with Gasteiger partial charge < -0.3 is 10.1 Å². The average Bonchev–Trinajstić information content (AvgIpc) is 2.40. The number of esters is 1. The Morgan fingerprint density at radius 2 is 1.90 bits per heavy atom. The second-order valence-corrected chi connectivity index (χ2v) is 6.61. The molecule has 0 saturated heterocycles. The highest BCUT2D eigenvalue weighted by atomic mass is 79.9. The number of ether oxygens (including phenoxy) is 1. The van der Waals surface area contributed by atoms with Crippen LogP contribution in [-0.4, -0.2) is 18.9 Å². The topological polar surface area (TPSA) is 55.4 Å². The summed E-state index contributed by atoms with van der Waals surface area (Å²) >= 11 is 3.42. The molecule has 21 heavy (non-hydrogen) atoms. The molecule has 0 aromatic heterocycles. The SMILES string of the molecule is COC(=O)/C(=C/C(=O)C(C)(C)C)Nc1ccc(Br)c(C)c1. The van der Waals surface area contributed by atoms with E-state index >= 15 is 0 Å². The lowest BCUT2D eigenvalue weighted by molar-refractivity contribution is -0.136. The van der Waals surface area contributed by atoms with E-state index in [1.165, 1.54) is 13.2 Å². The molecule has 0 atom stereocenters. The lowest BCUT2D eigenvalue weighted by Gasteiger charge is -2.16. The predicted molar refractivity (Wildman–Crippen MR) is 87.1 cm³/mol. The van der Waals surface area contributed by atoms with Crippen molar-refractivity contribution < 1.29 is 14.3 Å². The van der Waals surface area contributed by atoms with Crippen LogP contribution in [0.2, 0.25) is 0 Å². The highest BCUT2D eigenvalue weighted by Crippen LogP contribution is 2.22. The number of hydrogen-bond acceptors (Lipinski definition) is 4. The van der Waals surface area contributed by atoms with Gasteiger partial charge in [0.1, 0.15) is 5.70 Å². The summed E-state index contributed by atoms with van der Waals surface area (Å²) in [6, 6.07) is 5.57. The van der Waals surface area contributed by atoms with E-state index in [2.05, 4.69) is 21.2 Å². The van der Waals surface area contributed by atoms with E-state index in [1.807, 2.05) is 25.1 Å². The second-order valence-electron chi connectivity index (χ2n) is 5.75. The number of allylic oxidation sites excluding steroid dienone is 1. The summed E-state index contributed by atoms with van der Waals surface area (Å²) in [5.41, 5.74) is 1.30. The molecule has 1 aromatic rings. The monoisotopic (exact) mass is 353 g/mol. The minimum absolute atomic E-state index is 0.124. The summed E-state index contributed by atoms with van der Waals surface area (Å²) in [6.07, 6.45) is 1.29. The van der Waals surface area contributed by atoms with E-state index in [4.69, 9.17) is 4.74 Å². The number of ketones is 1. The molecule has 0 aliphatic carbocycles. The number of carbonyl (C=O) groups is 2. The van der Waals surface area contributed by atoms with Crippen molar-refractivity contribution in [3.05, 3.63) is 40.0 Å². The van der Waals surface area contributed by atoms with Crippen LogP contribution in [0.1, 0.15) is 26.3 Å². The van der Waals surface area contributed by atoms with Crippen LogP contribution in [-0.2, 0) is 14.3 Å². The van der Waals surface area contributed by atoms with E-state index in [-0.39, 0.29) is 11.5 Å². The van der Waals surface area contributed by atoms with Crippen molar-refractivity contribution in [1.82, 2.24) is 0 Å². The first-order valence-corrected chi connectivity index (χ1v) is 7.32. The highest BCUT2D eigenvalue weighted by molar-refractivity contribution is 9.10. The van der Waals surface area contributed by atoms with Crippen molar-refractivity contribution in [1.29, 1.82) is 0 Å². The molecular weight excluding hydrogens is 334 g/mol. The summed E-state index contributed by atoms with van der Waals surface area (Å²) in [4.78, 5) is 23.9. The highest BCUT2D eigenvalue weighted by Gasteiger charge is 2.22. The Balaban J connectivity index is 3.09. The van der Waals surface area contributed by atoms with Crippen molar-refractivity contribution in [2.45, 2.75) is 27.7 Å². The first-order chi connectivity index (χ1) is 9.65. The summed E-state index contributed by atoms with van der Waals surface area (Å²) in [7, 11) is 1.28. The largest absolute Gasteiger partial charge is 0.464 e. The van der Waals surface area contributed by atoms with Gasteiger partial charge in [-0.05, 0) is 30.7 Å². The molecule has 114 valence electrons. The van der Waals surface area contributed by atoms with Crippen LogP contribution in [0, 0.1) is 12.3 Å². The second kappa shape index (κ2) is 6.89. The van der Waals surface area contributed by atoms with Crippen LogP contribution in [0.25, 0.3) is 0 Å². The zero-order chi connectivity index (χ0) is 16.2. The van der Waals surface area contributed by atoms with Crippen LogP contribution in [0.5, 0.6) is 0 Å². The Labute approximate surface area is 133 Å². The lowest BCUT2D eigenvalue weighted by Crippen LogP contribution is -2.22. The van der Waals surface area contributed by atoms with Gasteiger partial charge >= 0.3 is 5.97 Å². The molecule has 0 unspecified atom stereocenters. The van der Waals surface area contributed by atoms with Crippen molar-refractivity contribution in [2.75, 3.05) is 12.4 Å². The third-order valence-corrected chi connectivity index (χ3v) is 3.75. The fourth-order valence-electron chi connectivity index (χ4n) is 1.48. The number of benzene rings is 1. The Morgan fingerprint density at radius 1 is 1.29 bits per heavy atom. The van der Waals surface area contributed by atoms with Gasteiger partial charge in [-0.1, -0.05) is 36.7 Å². The normalized spacial score (nSPS) is 12.0. The summed E-state index contributed by atoms with van der Waals surface area (Å²) in [5.74, 6) is -0.725. The van der Waals surface area contributed by atoms with Crippen LogP contribution < -0.4 is 5.32 Å². The van der Waals surface area contributed by atoms with Crippen LogP contribution in [0.15, 0.2) is 34.4 Å². The van der Waals surface area contributed by atoms with Gasteiger partial charge in [0.05, 0.1) is 7.11 Å². The Kier molecular flexibility index (Phi) is 5.72. The third kappa shape index (κ3) is 5.01. The van der Waals surface area contributed by atoms with Gasteiger partial charge in [-0.2, -0.15) is 0 Å². The number of nitrogens with one attached hydrogen (secondary N) is 1. The molecule has 1 rings (SSSR count). The van der Waals surface area contributed by atoms with Crippen molar-refractivity contribution in [3.8, 4) is 0 Å². The van der Waals surface area contributed by atoms with E-state index in [9.17, 15) is 9.59 Å². The fourth-order valence-corrected chi connectivity index (χ4v) is 1.73.